The Morgan fingerprint density at radius 1 is 1.44 bits per heavy atom. The zero-order valence-corrected chi connectivity index (χ0v) is 11.4. The van der Waals surface area contributed by atoms with Crippen molar-refractivity contribution < 1.29 is 4.79 Å². The molecule has 1 N–H and O–H groups in total. The van der Waals surface area contributed by atoms with Crippen molar-refractivity contribution in [2.24, 2.45) is 5.92 Å². The van der Waals surface area contributed by atoms with Gasteiger partial charge in [0, 0.05) is 25.2 Å². The second-order valence-electron chi connectivity index (χ2n) is 5.33. The SMILES string of the molecule is CCN(CC(C)C)C(=O)[C@@H]1Cc2ccccc2N1. The lowest BCUT2D eigenvalue weighted by atomic mass is 10.1. The summed E-state index contributed by atoms with van der Waals surface area (Å²) in [6.07, 6.45) is 0.809. The summed E-state index contributed by atoms with van der Waals surface area (Å²) in [7, 11) is 0. The molecule has 0 saturated heterocycles. The molecule has 1 amide bonds. The van der Waals surface area contributed by atoms with E-state index in [-0.39, 0.29) is 11.9 Å². The van der Waals surface area contributed by atoms with E-state index >= 15 is 0 Å². The van der Waals surface area contributed by atoms with Gasteiger partial charge < -0.3 is 10.2 Å². The zero-order valence-electron chi connectivity index (χ0n) is 11.4. The lowest BCUT2D eigenvalue weighted by Gasteiger charge is -2.26. The average molecular weight is 246 g/mol. The van der Waals surface area contributed by atoms with E-state index in [0.717, 1.165) is 25.2 Å². The molecule has 18 heavy (non-hydrogen) atoms. The number of nitrogens with zero attached hydrogens (tertiary/aromatic N) is 1. The number of fused-ring (bicyclic) bond motifs is 1. The second-order valence-corrected chi connectivity index (χ2v) is 5.33. The molecular formula is C15H22N2O. The number of likely N-dealkylation sites (N-methyl/N-ethyl adjacent to an activating group) is 1. The standard InChI is InChI=1S/C15H22N2O/c1-4-17(10-11(2)3)15(18)14-9-12-7-5-6-8-13(12)16-14/h5-8,11,14,16H,4,9-10H2,1-3H3/t14-/m0/s1. The monoisotopic (exact) mass is 246 g/mol. The first kappa shape index (κ1) is 12.9. The number of benzene rings is 1. The smallest absolute Gasteiger partial charge is 0.245 e. The van der Waals surface area contributed by atoms with E-state index in [9.17, 15) is 4.79 Å². The van der Waals surface area contributed by atoms with Gasteiger partial charge in [-0.1, -0.05) is 32.0 Å². The molecule has 0 fully saturated rings. The first-order valence-corrected chi connectivity index (χ1v) is 6.75. The molecule has 0 aromatic heterocycles. The van der Waals surface area contributed by atoms with Crippen LogP contribution in [0.3, 0.4) is 0 Å². The Kier molecular flexibility index (Phi) is 3.90. The van der Waals surface area contributed by atoms with Gasteiger partial charge in [0.15, 0.2) is 0 Å². The van der Waals surface area contributed by atoms with Crippen LogP contribution in [0, 0.1) is 5.92 Å². The number of amides is 1. The molecule has 1 atom stereocenters. The third-order valence-electron chi connectivity index (χ3n) is 3.35. The van der Waals surface area contributed by atoms with Crippen LogP contribution in [-0.2, 0) is 11.2 Å². The molecule has 2 rings (SSSR count). The summed E-state index contributed by atoms with van der Waals surface area (Å²) in [6.45, 7) is 7.96. The maximum Gasteiger partial charge on any atom is 0.245 e. The van der Waals surface area contributed by atoms with E-state index in [1.165, 1.54) is 5.56 Å². The van der Waals surface area contributed by atoms with Gasteiger partial charge in [0.25, 0.3) is 0 Å². The Labute approximate surface area is 109 Å². The van der Waals surface area contributed by atoms with E-state index in [4.69, 9.17) is 0 Å². The molecule has 0 spiro atoms. The van der Waals surface area contributed by atoms with Crippen LogP contribution in [0.15, 0.2) is 24.3 Å². The molecular weight excluding hydrogens is 224 g/mol. The first-order valence-electron chi connectivity index (χ1n) is 6.75. The Hall–Kier alpha value is -1.51. The summed E-state index contributed by atoms with van der Waals surface area (Å²) >= 11 is 0. The van der Waals surface area contributed by atoms with E-state index in [0.29, 0.717) is 5.92 Å². The number of anilines is 1. The Bertz CT molecular complexity index is 403. The number of hydrogen-bond donors (Lipinski definition) is 1. The van der Waals surface area contributed by atoms with Gasteiger partial charge in [-0.05, 0) is 24.5 Å². The Morgan fingerprint density at radius 3 is 2.78 bits per heavy atom. The zero-order chi connectivity index (χ0) is 13.1. The van der Waals surface area contributed by atoms with Crippen LogP contribution in [0.25, 0.3) is 0 Å². The minimum atomic E-state index is -0.0823. The fraction of sp³-hybridized carbons (Fsp3) is 0.533. The van der Waals surface area contributed by atoms with E-state index < -0.39 is 0 Å². The van der Waals surface area contributed by atoms with E-state index in [1.54, 1.807) is 0 Å². The molecule has 98 valence electrons. The highest BCUT2D eigenvalue weighted by atomic mass is 16.2. The number of carbonyl (C=O) groups excluding carboxylic acids is 1. The van der Waals surface area contributed by atoms with Gasteiger partial charge in [-0.25, -0.2) is 0 Å². The second kappa shape index (κ2) is 5.42. The van der Waals surface area contributed by atoms with Crippen molar-refractivity contribution in [3.05, 3.63) is 29.8 Å². The fourth-order valence-electron chi connectivity index (χ4n) is 2.48. The topological polar surface area (TPSA) is 32.3 Å². The summed E-state index contributed by atoms with van der Waals surface area (Å²) < 4.78 is 0. The Balaban J connectivity index is 2.04. The number of para-hydroxylation sites is 1. The molecule has 0 bridgehead atoms. The third kappa shape index (κ3) is 2.66. The predicted molar refractivity (Wildman–Crippen MR) is 74.6 cm³/mol. The van der Waals surface area contributed by atoms with Gasteiger partial charge in [-0.2, -0.15) is 0 Å². The minimum Gasteiger partial charge on any atom is -0.373 e. The third-order valence-corrected chi connectivity index (χ3v) is 3.35. The van der Waals surface area contributed by atoms with Crippen LogP contribution >= 0.6 is 0 Å². The lowest BCUT2D eigenvalue weighted by molar-refractivity contribution is -0.132. The van der Waals surface area contributed by atoms with Crippen LogP contribution < -0.4 is 5.32 Å². The minimum absolute atomic E-state index is 0.0823. The van der Waals surface area contributed by atoms with Crippen LogP contribution in [0.5, 0.6) is 0 Å². The molecule has 1 aliphatic rings. The molecule has 1 aromatic rings. The largest absolute Gasteiger partial charge is 0.373 e. The molecule has 0 saturated carbocycles. The predicted octanol–water partition coefficient (Wildman–Crippen LogP) is 2.53. The van der Waals surface area contributed by atoms with Gasteiger partial charge in [-0.3, -0.25) is 4.79 Å². The van der Waals surface area contributed by atoms with E-state index in [2.05, 4.69) is 25.2 Å². The van der Waals surface area contributed by atoms with Crippen molar-refractivity contribution in [2.45, 2.75) is 33.2 Å². The highest BCUT2D eigenvalue weighted by molar-refractivity contribution is 5.87. The molecule has 1 aliphatic heterocycles. The molecule has 1 heterocycles. The van der Waals surface area contributed by atoms with Gasteiger partial charge in [-0.15, -0.1) is 0 Å². The lowest BCUT2D eigenvalue weighted by Crippen LogP contribution is -2.43. The highest BCUT2D eigenvalue weighted by Gasteiger charge is 2.29. The average Bonchev–Trinajstić information content (AvgIpc) is 2.78. The normalized spacial score (nSPS) is 17.4. The van der Waals surface area contributed by atoms with Crippen molar-refractivity contribution in [3.8, 4) is 0 Å². The van der Waals surface area contributed by atoms with Gasteiger partial charge in [0.2, 0.25) is 5.91 Å². The molecule has 1 aromatic carbocycles. The van der Waals surface area contributed by atoms with Crippen molar-refractivity contribution in [3.63, 3.8) is 0 Å². The van der Waals surface area contributed by atoms with E-state index in [1.807, 2.05) is 30.0 Å². The van der Waals surface area contributed by atoms with Crippen molar-refractivity contribution in [2.75, 3.05) is 18.4 Å². The molecule has 0 radical (unpaired) electrons. The van der Waals surface area contributed by atoms with Crippen molar-refractivity contribution in [1.82, 2.24) is 4.90 Å². The summed E-state index contributed by atoms with van der Waals surface area (Å²) in [6, 6.07) is 8.08. The molecule has 0 unspecified atom stereocenters. The number of hydrogen-bond acceptors (Lipinski definition) is 2. The summed E-state index contributed by atoms with van der Waals surface area (Å²) in [4.78, 5) is 14.4. The molecule has 3 nitrogen and oxygen atoms in total. The number of carbonyl (C=O) groups is 1. The van der Waals surface area contributed by atoms with Crippen molar-refractivity contribution in [1.29, 1.82) is 0 Å². The quantitative estimate of drug-likeness (QED) is 0.885. The number of nitrogens with one attached hydrogen (secondary N) is 1. The molecule has 0 aliphatic carbocycles. The Morgan fingerprint density at radius 2 is 2.17 bits per heavy atom. The summed E-state index contributed by atoms with van der Waals surface area (Å²) in [5, 5.41) is 3.33. The van der Waals surface area contributed by atoms with Gasteiger partial charge in [0.05, 0.1) is 0 Å². The van der Waals surface area contributed by atoms with Gasteiger partial charge >= 0.3 is 0 Å². The summed E-state index contributed by atoms with van der Waals surface area (Å²) in [5.41, 5.74) is 2.35. The summed E-state index contributed by atoms with van der Waals surface area (Å²) in [5.74, 6) is 0.736. The van der Waals surface area contributed by atoms with Crippen LogP contribution in [0.1, 0.15) is 26.3 Å². The van der Waals surface area contributed by atoms with Crippen molar-refractivity contribution >= 4 is 11.6 Å². The highest BCUT2D eigenvalue weighted by Crippen LogP contribution is 2.26. The van der Waals surface area contributed by atoms with Crippen LogP contribution in [0.2, 0.25) is 0 Å². The number of rotatable bonds is 4. The fourth-order valence-corrected chi connectivity index (χ4v) is 2.48. The van der Waals surface area contributed by atoms with Crippen LogP contribution in [0.4, 0.5) is 5.69 Å². The maximum absolute atomic E-state index is 12.4. The maximum atomic E-state index is 12.4. The van der Waals surface area contributed by atoms with Gasteiger partial charge in [0.1, 0.15) is 6.04 Å². The van der Waals surface area contributed by atoms with Crippen LogP contribution in [-0.4, -0.2) is 29.9 Å². The molecule has 3 heteroatoms. The first-order chi connectivity index (χ1) is 8.61.